The van der Waals surface area contributed by atoms with E-state index in [0.29, 0.717) is 11.5 Å². The van der Waals surface area contributed by atoms with Gasteiger partial charge in [0.05, 0.1) is 0 Å². The largest absolute Gasteiger partial charge is 0.357 e. The number of anilines is 2. The third kappa shape index (κ3) is 2.58. The summed E-state index contributed by atoms with van der Waals surface area (Å²) in [6.07, 6.45) is 1.75. The van der Waals surface area contributed by atoms with Crippen molar-refractivity contribution < 1.29 is 4.79 Å². The summed E-state index contributed by atoms with van der Waals surface area (Å²) in [7, 11) is 0. The Hall–Kier alpha value is -2.96. The van der Waals surface area contributed by atoms with E-state index < -0.39 is 0 Å². The van der Waals surface area contributed by atoms with Crippen LogP contribution < -0.4 is 10.2 Å². The molecule has 7 heteroatoms. The van der Waals surface area contributed by atoms with Crippen molar-refractivity contribution in [2.45, 2.75) is 25.8 Å². The zero-order chi connectivity index (χ0) is 16.5. The minimum absolute atomic E-state index is 0.0785. The van der Waals surface area contributed by atoms with E-state index in [1.54, 1.807) is 4.52 Å². The molecule has 1 aliphatic rings. The summed E-state index contributed by atoms with van der Waals surface area (Å²) in [5.74, 6) is 1.45. The van der Waals surface area contributed by atoms with Crippen LogP contribution in [0.25, 0.3) is 5.65 Å². The number of para-hydroxylation sites is 1. The Balaban J connectivity index is 1.56. The molecule has 0 unspecified atom stereocenters. The van der Waals surface area contributed by atoms with Gasteiger partial charge in [0.15, 0.2) is 11.5 Å². The third-order valence-corrected chi connectivity index (χ3v) is 4.25. The molecule has 0 aliphatic carbocycles. The maximum Gasteiger partial charge on any atom is 0.249 e. The van der Waals surface area contributed by atoms with Gasteiger partial charge < -0.3 is 10.2 Å². The molecule has 24 heavy (non-hydrogen) atoms. The van der Waals surface area contributed by atoms with Gasteiger partial charge in [0, 0.05) is 12.2 Å². The topological polar surface area (TPSA) is 75.4 Å². The Bertz CT molecular complexity index is 875. The van der Waals surface area contributed by atoms with E-state index in [1.807, 2.05) is 54.3 Å². The Morgan fingerprint density at radius 2 is 1.96 bits per heavy atom. The Morgan fingerprint density at radius 3 is 2.79 bits per heavy atom. The van der Waals surface area contributed by atoms with Crippen molar-refractivity contribution in [3.8, 4) is 0 Å². The number of hydrogen-bond acceptors (Lipinski definition) is 5. The Labute approximate surface area is 139 Å². The van der Waals surface area contributed by atoms with E-state index in [-0.39, 0.29) is 11.9 Å². The lowest BCUT2D eigenvalue weighted by Crippen LogP contribution is -2.47. The van der Waals surface area contributed by atoms with E-state index in [0.717, 1.165) is 30.9 Å². The molecular weight excluding hydrogens is 304 g/mol. The third-order valence-electron chi connectivity index (χ3n) is 4.25. The second kappa shape index (κ2) is 5.92. The second-order valence-electron chi connectivity index (χ2n) is 5.90. The minimum atomic E-state index is -0.277. The average Bonchev–Trinajstić information content (AvgIpc) is 2.98. The maximum absolute atomic E-state index is 12.8. The van der Waals surface area contributed by atoms with E-state index in [2.05, 4.69) is 20.6 Å². The van der Waals surface area contributed by atoms with Crippen LogP contribution >= 0.6 is 0 Å². The lowest BCUT2D eigenvalue weighted by Gasteiger charge is -2.32. The molecule has 1 amide bonds. The summed E-state index contributed by atoms with van der Waals surface area (Å²) in [5, 5.41) is 15.7. The molecule has 0 bridgehead atoms. The molecule has 0 radical (unpaired) electrons. The fourth-order valence-electron chi connectivity index (χ4n) is 3.03. The van der Waals surface area contributed by atoms with Gasteiger partial charge in [-0.1, -0.05) is 18.2 Å². The number of benzene rings is 1. The number of nitrogens with one attached hydrogen (secondary N) is 1. The fraction of sp³-hybridized carbons (Fsp3) is 0.294. The van der Waals surface area contributed by atoms with Gasteiger partial charge in [-0.15, -0.1) is 15.3 Å². The van der Waals surface area contributed by atoms with Crippen LogP contribution in [0.5, 0.6) is 0 Å². The van der Waals surface area contributed by atoms with Crippen LogP contribution in [-0.2, 0) is 4.79 Å². The second-order valence-corrected chi connectivity index (χ2v) is 5.90. The molecule has 0 saturated carbocycles. The highest BCUT2D eigenvalue weighted by Crippen LogP contribution is 2.22. The van der Waals surface area contributed by atoms with Crippen molar-refractivity contribution in [1.82, 2.24) is 19.8 Å². The number of hydrogen-bond donors (Lipinski definition) is 1. The predicted octanol–water partition coefficient (Wildman–Crippen LogP) is 2.04. The molecule has 4 rings (SSSR count). The Morgan fingerprint density at radius 1 is 1.12 bits per heavy atom. The first kappa shape index (κ1) is 14.6. The molecule has 1 N–H and O–H groups in total. The molecule has 122 valence electrons. The van der Waals surface area contributed by atoms with Gasteiger partial charge in [0.25, 0.3) is 0 Å². The number of aryl methyl sites for hydroxylation is 1. The number of fused-ring (bicyclic) bond motifs is 1. The lowest BCUT2D eigenvalue weighted by molar-refractivity contribution is -0.120. The normalized spacial score (nSPS) is 18.1. The van der Waals surface area contributed by atoms with Crippen LogP contribution in [0, 0.1) is 6.92 Å². The summed E-state index contributed by atoms with van der Waals surface area (Å²) in [6, 6.07) is 13.2. The van der Waals surface area contributed by atoms with Crippen molar-refractivity contribution in [2.24, 2.45) is 0 Å². The van der Waals surface area contributed by atoms with Gasteiger partial charge in [-0.05, 0) is 44.0 Å². The summed E-state index contributed by atoms with van der Waals surface area (Å²) in [4.78, 5) is 14.7. The van der Waals surface area contributed by atoms with Gasteiger partial charge in [0.1, 0.15) is 11.9 Å². The standard InChI is InChI=1S/C17H18N6O/c1-12-19-20-16-10-9-15(21-23(12)16)18-14-8-5-11-22(17(14)24)13-6-3-2-4-7-13/h2-4,6-7,9-10,14H,5,8,11H2,1H3,(H,18,21)/t14-/m0/s1. The number of carbonyl (C=O) groups excluding carboxylic acids is 1. The van der Waals surface area contributed by atoms with Gasteiger partial charge in [-0.2, -0.15) is 4.52 Å². The predicted molar refractivity (Wildman–Crippen MR) is 91.0 cm³/mol. The van der Waals surface area contributed by atoms with Crippen LogP contribution in [0.1, 0.15) is 18.7 Å². The molecule has 3 aromatic rings. The highest BCUT2D eigenvalue weighted by atomic mass is 16.2. The molecule has 1 aromatic carbocycles. The van der Waals surface area contributed by atoms with Crippen molar-refractivity contribution in [1.29, 1.82) is 0 Å². The zero-order valence-electron chi connectivity index (χ0n) is 13.4. The van der Waals surface area contributed by atoms with Crippen LogP contribution in [0.2, 0.25) is 0 Å². The number of carbonyl (C=O) groups is 1. The molecule has 3 heterocycles. The molecule has 2 aromatic heterocycles. The van der Waals surface area contributed by atoms with Crippen LogP contribution in [0.15, 0.2) is 42.5 Å². The highest BCUT2D eigenvalue weighted by Gasteiger charge is 2.29. The van der Waals surface area contributed by atoms with E-state index in [1.165, 1.54) is 0 Å². The van der Waals surface area contributed by atoms with E-state index in [4.69, 9.17) is 0 Å². The van der Waals surface area contributed by atoms with Gasteiger partial charge >= 0.3 is 0 Å². The Kier molecular flexibility index (Phi) is 3.60. The lowest BCUT2D eigenvalue weighted by atomic mass is 10.0. The van der Waals surface area contributed by atoms with Crippen molar-refractivity contribution in [2.75, 3.05) is 16.8 Å². The van der Waals surface area contributed by atoms with Crippen molar-refractivity contribution in [3.05, 3.63) is 48.3 Å². The van der Waals surface area contributed by atoms with E-state index >= 15 is 0 Å². The minimum Gasteiger partial charge on any atom is -0.357 e. The fourth-order valence-corrected chi connectivity index (χ4v) is 3.03. The molecular formula is C17H18N6O. The quantitative estimate of drug-likeness (QED) is 0.798. The van der Waals surface area contributed by atoms with Gasteiger partial charge in [-0.25, -0.2) is 0 Å². The molecule has 1 fully saturated rings. The summed E-state index contributed by atoms with van der Waals surface area (Å²) >= 11 is 0. The first-order chi connectivity index (χ1) is 11.7. The van der Waals surface area contributed by atoms with Crippen LogP contribution in [0.4, 0.5) is 11.5 Å². The number of nitrogens with zero attached hydrogens (tertiary/aromatic N) is 5. The van der Waals surface area contributed by atoms with E-state index in [9.17, 15) is 4.79 Å². The molecule has 1 atom stereocenters. The van der Waals surface area contributed by atoms with Crippen LogP contribution in [-0.4, -0.2) is 38.3 Å². The molecule has 1 aliphatic heterocycles. The summed E-state index contributed by atoms with van der Waals surface area (Å²) in [5.41, 5.74) is 1.63. The highest BCUT2D eigenvalue weighted by molar-refractivity contribution is 5.99. The van der Waals surface area contributed by atoms with Crippen molar-refractivity contribution >= 4 is 23.1 Å². The van der Waals surface area contributed by atoms with Gasteiger partial charge in [0.2, 0.25) is 5.91 Å². The first-order valence-electron chi connectivity index (χ1n) is 8.04. The average molecular weight is 322 g/mol. The maximum atomic E-state index is 12.8. The molecule has 1 saturated heterocycles. The number of aromatic nitrogens is 4. The number of piperidine rings is 1. The number of amides is 1. The smallest absolute Gasteiger partial charge is 0.249 e. The van der Waals surface area contributed by atoms with Crippen molar-refractivity contribution in [3.63, 3.8) is 0 Å². The summed E-state index contributed by atoms with van der Waals surface area (Å²) < 4.78 is 1.67. The monoisotopic (exact) mass is 322 g/mol. The first-order valence-corrected chi connectivity index (χ1v) is 8.04. The number of rotatable bonds is 3. The zero-order valence-corrected chi connectivity index (χ0v) is 13.4. The molecule has 7 nitrogen and oxygen atoms in total. The molecule has 0 spiro atoms. The summed E-state index contributed by atoms with van der Waals surface area (Å²) in [6.45, 7) is 2.59. The van der Waals surface area contributed by atoms with Crippen LogP contribution in [0.3, 0.4) is 0 Å². The SMILES string of the molecule is Cc1nnc2ccc(N[C@H]3CCCN(c4ccccc4)C3=O)nn12. The van der Waals surface area contributed by atoms with Gasteiger partial charge in [-0.3, -0.25) is 4.79 Å².